The summed E-state index contributed by atoms with van der Waals surface area (Å²) in [6, 6.07) is 5.50. The smallest absolute Gasteiger partial charge is 0.191 e. The van der Waals surface area contributed by atoms with Crippen LogP contribution in [0.3, 0.4) is 0 Å². The fourth-order valence-corrected chi connectivity index (χ4v) is 3.28. The molecule has 0 aliphatic heterocycles. The number of guanidine groups is 1. The Bertz CT molecular complexity index is 746. The number of rotatable bonds is 10. The highest BCUT2D eigenvalue weighted by Crippen LogP contribution is 2.27. The number of aromatic nitrogens is 1. The zero-order valence-corrected chi connectivity index (χ0v) is 20.8. The second-order valence-corrected chi connectivity index (χ2v) is 7.37. The van der Waals surface area contributed by atoms with E-state index in [9.17, 15) is 0 Å². The topological polar surface area (TPSA) is 77.0 Å². The van der Waals surface area contributed by atoms with E-state index in [1.54, 1.807) is 32.6 Å². The molecule has 0 fully saturated rings. The first-order valence-electron chi connectivity index (χ1n) is 9.30. The lowest BCUT2D eigenvalue weighted by molar-refractivity contribution is 0.305. The van der Waals surface area contributed by atoms with Crippen molar-refractivity contribution in [3.8, 4) is 17.2 Å². The third kappa shape index (κ3) is 8.65. The van der Waals surface area contributed by atoms with Crippen molar-refractivity contribution >= 4 is 41.3 Å². The Morgan fingerprint density at radius 1 is 1.10 bits per heavy atom. The van der Waals surface area contributed by atoms with Crippen LogP contribution in [0.15, 0.2) is 28.6 Å². The number of benzene rings is 1. The maximum Gasteiger partial charge on any atom is 0.191 e. The standard InChI is InChI=1S/C20H30N4O3S.HI/c1-14(2)18-13-28-19(24-18)12-23-20(21-3)22-7-6-8-27-17-10-15(25-4)9-16(11-17)26-5;/h9-11,13-14H,6-8,12H2,1-5H3,(H2,21,22,23);1H. The van der Waals surface area contributed by atoms with E-state index in [0.29, 0.717) is 30.6 Å². The number of hydrogen-bond donors (Lipinski definition) is 2. The quantitative estimate of drug-likeness (QED) is 0.208. The molecule has 2 rings (SSSR count). The first-order chi connectivity index (χ1) is 13.5. The summed E-state index contributed by atoms with van der Waals surface area (Å²) in [7, 11) is 5.00. The lowest BCUT2D eigenvalue weighted by atomic mass is 10.2. The summed E-state index contributed by atoms with van der Waals surface area (Å²) >= 11 is 1.67. The average Bonchev–Trinajstić information content (AvgIpc) is 3.19. The van der Waals surface area contributed by atoms with Gasteiger partial charge in [0.2, 0.25) is 0 Å². The predicted molar refractivity (Wildman–Crippen MR) is 129 cm³/mol. The van der Waals surface area contributed by atoms with E-state index in [0.717, 1.165) is 35.4 Å². The van der Waals surface area contributed by atoms with Crippen LogP contribution in [0.25, 0.3) is 0 Å². The van der Waals surface area contributed by atoms with Crippen LogP contribution in [0.5, 0.6) is 17.2 Å². The van der Waals surface area contributed by atoms with Gasteiger partial charge < -0.3 is 24.8 Å². The first-order valence-corrected chi connectivity index (χ1v) is 10.2. The van der Waals surface area contributed by atoms with Gasteiger partial charge in [0.25, 0.3) is 0 Å². The van der Waals surface area contributed by atoms with Crippen molar-refractivity contribution in [1.29, 1.82) is 0 Å². The molecule has 29 heavy (non-hydrogen) atoms. The van der Waals surface area contributed by atoms with Crippen LogP contribution in [-0.2, 0) is 6.54 Å². The summed E-state index contributed by atoms with van der Waals surface area (Å²) in [5.74, 6) is 3.35. The minimum atomic E-state index is 0. The molecule has 0 saturated heterocycles. The summed E-state index contributed by atoms with van der Waals surface area (Å²) in [4.78, 5) is 8.86. The number of aliphatic imine (C=N–C) groups is 1. The van der Waals surface area contributed by atoms with Crippen molar-refractivity contribution in [3.63, 3.8) is 0 Å². The van der Waals surface area contributed by atoms with Crippen molar-refractivity contribution in [3.05, 3.63) is 34.3 Å². The van der Waals surface area contributed by atoms with Gasteiger partial charge >= 0.3 is 0 Å². The van der Waals surface area contributed by atoms with Crippen molar-refractivity contribution in [1.82, 2.24) is 15.6 Å². The summed E-state index contributed by atoms with van der Waals surface area (Å²) in [5, 5.41) is 9.75. The van der Waals surface area contributed by atoms with E-state index in [1.807, 2.05) is 18.2 Å². The van der Waals surface area contributed by atoms with E-state index < -0.39 is 0 Å². The van der Waals surface area contributed by atoms with Gasteiger partial charge in [0.1, 0.15) is 22.3 Å². The second kappa shape index (κ2) is 13.5. The molecule has 0 saturated carbocycles. The van der Waals surface area contributed by atoms with E-state index in [2.05, 4.69) is 39.8 Å². The van der Waals surface area contributed by atoms with E-state index in [-0.39, 0.29) is 24.0 Å². The van der Waals surface area contributed by atoms with Crippen molar-refractivity contribution in [2.75, 3.05) is 34.4 Å². The fraction of sp³-hybridized carbons (Fsp3) is 0.500. The second-order valence-electron chi connectivity index (χ2n) is 6.42. The largest absolute Gasteiger partial charge is 0.496 e. The Hall–Kier alpha value is -1.75. The molecule has 0 spiro atoms. The molecule has 162 valence electrons. The molecule has 2 N–H and O–H groups in total. The number of hydrogen-bond acceptors (Lipinski definition) is 6. The first kappa shape index (κ1) is 25.3. The Labute approximate surface area is 194 Å². The predicted octanol–water partition coefficient (Wildman–Crippen LogP) is 4.04. The number of ether oxygens (including phenoxy) is 3. The van der Waals surface area contributed by atoms with Crippen molar-refractivity contribution in [2.45, 2.75) is 32.7 Å². The zero-order chi connectivity index (χ0) is 20.4. The molecule has 0 unspecified atom stereocenters. The highest BCUT2D eigenvalue weighted by atomic mass is 127. The van der Waals surface area contributed by atoms with Gasteiger partial charge in [-0.1, -0.05) is 13.8 Å². The highest BCUT2D eigenvalue weighted by Gasteiger charge is 2.06. The fourth-order valence-electron chi connectivity index (χ4n) is 2.39. The van der Waals surface area contributed by atoms with Gasteiger partial charge in [0, 0.05) is 37.2 Å². The summed E-state index contributed by atoms with van der Waals surface area (Å²) in [6.45, 7) is 6.28. The molecule has 0 aliphatic rings. The third-order valence-electron chi connectivity index (χ3n) is 4.00. The molecular weight excluding hydrogens is 503 g/mol. The maximum absolute atomic E-state index is 5.79. The number of halogens is 1. The number of nitrogens with one attached hydrogen (secondary N) is 2. The average molecular weight is 534 g/mol. The number of thiazole rings is 1. The van der Waals surface area contributed by atoms with Crippen LogP contribution in [0.4, 0.5) is 0 Å². The van der Waals surface area contributed by atoms with Crippen molar-refractivity contribution < 1.29 is 14.2 Å². The van der Waals surface area contributed by atoms with E-state index in [4.69, 9.17) is 14.2 Å². The summed E-state index contributed by atoms with van der Waals surface area (Å²) in [6.07, 6.45) is 0.828. The van der Waals surface area contributed by atoms with Crippen LogP contribution < -0.4 is 24.8 Å². The summed E-state index contributed by atoms with van der Waals surface area (Å²) in [5.41, 5.74) is 1.14. The molecule has 1 heterocycles. The van der Waals surface area contributed by atoms with Crippen LogP contribution in [0.1, 0.15) is 36.9 Å². The molecule has 1 aromatic carbocycles. The monoisotopic (exact) mass is 534 g/mol. The van der Waals surface area contributed by atoms with Gasteiger partial charge in [0.15, 0.2) is 5.96 Å². The number of nitrogens with zero attached hydrogens (tertiary/aromatic N) is 2. The minimum Gasteiger partial charge on any atom is -0.496 e. The molecule has 0 aliphatic carbocycles. The van der Waals surface area contributed by atoms with Gasteiger partial charge in [-0.3, -0.25) is 4.99 Å². The molecule has 0 radical (unpaired) electrons. The molecule has 0 amide bonds. The lowest BCUT2D eigenvalue weighted by Gasteiger charge is -2.12. The third-order valence-corrected chi connectivity index (χ3v) is 4.87. The molecule has 1 aromatic heterocycles. The van der Waals surface area contributed by atoms with Crippen LogP contribution in [0, 0.1) is 0 Å². The molecule has 0 bridgehead atoms. The minimum absolute atomic E-state index is 0. The van der Waals surface area contributed by atoms with Gasteiger partial charge in [0.05, 0.1) is 33.1 Å². The number of methoxy groups -OCH3 is 2. The molecule has 9 heteroatoms. The Kier molecular flexibility index (Phi) is 11.7. The van der Waals surface area contributed by atoms with Gasteiger partial charge in [-0.15, -0.1) is 35.3 Å². The Morgan fingerprint density at radius 2 is 1.76 bits per heavy atom. The summed E-state index contributed by atoms with van der Waals surface area (Å²) < 4.78 is 16.3. The molecule has 2 aromatic rings. The maximum atomic E-state index is 5.79. The SMILES string of the molecule is CN=C(NCCCOc1cc(OC)cc(OC)c1)NCc1nc(C(C)C)cs1.I. The Morgan fingerprint density at radius 3 is 2.31 bits per heavy atom. The lowest BCUT2D eigenvalue weighted by Crippen LogP contribution is -2.37. The molecular formula is C20H31IN4O3S. The van der Waals surface area contributed by atoms with Crippen LogP contribution in [0.2, 0.25) is 0 Å². The van der Waals surface area contributed by atoms with Crippen LogP contribution >= 0.6 is 35.3 Å². The molecule has 0 atom stereocenters. The van der Waals surface area contributed by atoms with E-state index in [1.165, 1.54) is 0 Å². The normalized spacial score (nSPS) is 11.0. The zero-order valence-electron chi connectivity index (χ0n) is 17.7. The van der Waals surface area contributed by atoms with Gasteiger partial charge in [-0.05, 0) is 12.3 Å². The van der Waals surface area contributed by atoms with Crippen molar-refractivity contribution in [2.24, 2.45) is 4.99 Å². The molecule has 7 nitrogen and oxygen atoms in total. The Balaban J connectivity index is 0.00000420. The van der Waals surface area contributed by atoms with Crippen LogP contribution in [-0.4, -0.2) is 45.4 Å². The van der Waals surface area contributed by atoms with Gasteiger partial charge in [-0.25, -0.2) is 4.98 Å². The highest BCUT2D eigenvalue weighted by molar-refractivity contribution is 14.0. The van der Waals surface area contributed by atoms with Gasteiger partial charge in [-0.2, -0.15) is 0 Å². The van der Waals surface area contributed by atoms with E-state index >= 15 is 0 Å².